The normalized spacial score (nSPS) is 15.8. The Morgan fingerprint density at radius 2 is 1.83 bits per heavy atom. The predicted octanol–water partition coefficient (Wildman–Crippen LogP) is 3.79. The summed E-state index contributed by atoms with van der Waals surface area (Å²) in [5.41, 5.74) is 1.09. The van der Waals surface area contributed by atoms with E-state index in [2.05, 4.69) is 13.8 Å². The molecule has 1 aromatic rings. The summed E-state index contributed by atoms with van der Waals surface area (Å²) in [7, 11) is 0. The Balaban J connectivity index is 2.06. The molecule has 1 aliphatic rings. The zero-order valence-electron chi connectivity index (χ0n) is 11.2. The smallest absolute Gasteiger partial charge is 0.410 e. The molecule has 0 N–H and O–H groups in total. The van der Waals surface area contributed by atoms with Crippen LogP contribution in [0.5, 0.6) is 5.75 Å². The van der Waals surface area contributed by atoms with Gasteiger partial charge in [0.25, 0.3) is 0 Å². The zero-order valence-corrected chi connectivity index (χ0v) is 11.2. The van der Waals surface area contributed by atoms with Crippen LogP contribution in [0.4, 0.5) is 4.79 Å². The van der Waals surface area contributed by atoms with Crippen molar-refractivity contribution in [3.8, 4) is 5.75 Å². The van der Waals surface area contributed by atoms with Crippen molar-refractivity contribution in [3.05, 3.63) is 29.8 Å². The summed E-state index contributed by atoms with van der Waals surface area (Å²) in [5.74, 6) is 1.05. The predicted molar refractivity (Wildman–Crippen MR) is 72.0 cm³/mol. The topological polar surface area (TPSA) is 29.5 Å². The third-order valence-corrected chi connectivity index (χ3v) is 3.35. The molecule has 2 rings (SSSR count). The number of hydrogen-bond acceptors (Lipinski definition) is 2. The fraction of sp³-hybridized carbons (Fsp3) is 0.533. The van der Waals surface area contributed by atoms with Crippen molar-refractivity contribution in [1.82, 2.24) is 4.90 Å². The summed E-state index contributed by atoms with van der Waals surface area (Å²) in [4.78, 5) is 13.9. The van der Waals surface area contributed by atoms with Gasteiger partial charge in [-0.2, -0.15) is 0 Å². The molecule has 0 saturated carbocycles. The number of piperidine rings is 1. The number of carbonyl (C=O) groups is 1. The zero-order chi connectivity index (χ0) is 13.0. The summed E-state index contributed by atoms with van der Waals surface area (Å²) in [6.45, 7) is 5.85. The summed E-state index contributed by atoms with van der Waals surface area (Å²) >= 11 is 0. The second-order valence-electron chi connectivity index (χ2n) is 5.11. The molecule has 1 amide bonds. The van der Waals surface area contributed by atoms with Crippen LogP contribution < -0.4 is 4.74 Å². The number of hydrogen-bond donors (Lipinski definition) is 0. The van der Waals surface area contributed by atoms with Gasteiger partial charge in [0, 0.05) is 13.1 Å². The Labute approximate surface area is 109 Å². The van der Waals surface area contributed by atoms with Gasteiger partial charge in [0.15, 0.2) is 0 Å². The van der Waals surface area contributed by atoms with Gasteiger partial charge in [-0.1, -0.05) is 32.0 Å². The minimum atomic E-state index is -0.206. The monoisotopic (exact) mass is 247 g/mol. The molecular formula is C15H21NO2. The summed E-state index contributed by atoms with van der Waals surface area (Å²) < 4.78 is 5.53. The molecule has 18 heavy (non-hydrogen) atoms. The van der Waals surface area contributed by atoms with E-state index in [9.17, 15) is 4.79 Å². The Hall–Kier alpha value is -1.51. The number of rotatable bonds is 2. The Morgan fingerprint density at radius 3 is 2.50 bits per heavy atom. The molecule has 3 nitrogen and oxygen atoms in total. The summed E-state index contributed by atoms with van der Waals surface area (Å²) in [5, 5.41) is 0. The van der Waals surface area contributed by atoms with Gasteiger partial charge in [-0.05, 0) is 36.8 Å². The Kier molecular flexibility index (Phi) is 4.24. The Morgan fingerprint density at radius 1 is 1.17 bits per heavy atom. The molecule has 0 atom stereocenters. The first-order chi connectivity index (χ1) is 8.68. The van der Waals surface area contributed by atoms with Crippen molar-refractivity contribution in [3.63, 3.8) is 0 Å². The van der Waals surface area contributed by atoms with Crippen LogP contribution in [-0.4, -0.2) is 24.1 Å². The Bertz CT molecular complexity index is 409. The molecule has 1 aromatic carbocycles. The van der Waals surface area contributed by atoms with E-state index in [0.29, 0.717) is 11.7 Å². The lowest BCUT2D eigenvalue weighted by atomic mass is 10.0. The van der Waals surface area contributed by atoms with E-state index in [1.807, 2.05) is 24.3 Å². The molecule has 1 fully saturated rings. The van der Waals surface area contributed by atoms with Crippen molar-refractivity contribution >= 4 is 6.09 Å². The van der Waals surface area contributed by atoms with Crippen molar-refractivity contribution in [2.75, 3.05) is 13.1 Å². The number of amides is 1. The first-order valence-electron chi connectivity index (χ1n) is 6.74. The number of likely N-dealkylation sites (tertiary alicyclic amines) is 1. The van der Waals surface area contributed by atoms with Gasteiger partial charge < -0.3 is 9.64 Å². The molecule has 0 spiro atoms. The van der Waals surface area contributed by atoms with Gasteiger partial charge in [-0.25, -0.2) is 4.79 Å². The average Bonchev–Trinajstić information content (AvgIpc) is 2.40. The quantitative estimate of drug-likeness (QED) is 0.795. The SMILES string of the molecule is CC(C)c1ccccc1OC(=O)N1CCCCC1. The van der Waals surface area contributed by atoms with E-state index in [1.54, 1.807) is 4.90 Å². The second-order valence-corrected chi connectivity index (χ2v) is 5.11. The first kappa shape index (κ1) is 12.9. The number of carbonyl (C=O) groups excluding carboxylic acids is 1. The maximum absolute atomic E-state index is 12.0. The van der Waals surface area contributed by atoms with Crippen LogP contribution in [0.3, 0.4) is 0 Å². The summed E-state index contributed by atoms with van der Waals surface area (Å²) in [6, 6.07) is 7.78. The van der Waals surface area contributed by atoms with Crippen LogP contribution in [0.2, 0.25) is 0 Å². The molecule has 98 valence electrons. The second kappa shape index (κ2) is 5.89. The molecule has 0 radical (unpaired) electrons. The van der Waals surface area contributed by atoms with Gasteiger partial charge >= 0.3 is 6.09 Å². The van der Waals surface area contributed by atoms with Crippen molar-refractivity contribution in [2.45, 2.75) is 39.0 Å². The molecule has 0 unspecified atom stereocenters. The van der Waals surface area contributed by atoms with E-state index in [4.69, 9.17) is 4.74 Å². The molecule has 1 saturated heterocycles. The van der Waals surface area contributed by atoms with Gasteiger partial charge in [0.2, 0.25) is 0 Å². The maximum atomic E-state index is 12.0. The van der Waals surface area contributed by atoms with Crippen LogP contribution in [0.25, 0.3) is 0 Å². The van der Waals surface area contributed by atoms with Gasteiger partial charge in [-0.15, -0.1) is 0 Å². The van der Waals surface area contributed by atoms with Crippen LogP contribution >= 0.6 is 0 Å². The molecule has 0 aromatic heterocycles. The van der Waals surface area contributed by atoms with Gasteiger partial charge in [0.1, 0.15) is 5.75 Å². The highest BCUT2D eigenvalue weighted by molar-refractivity contribution is 5.71. The largest absolute Gasteiger partial charge is 0.415 e. The lowest BCUT2D eigenvalue weighted by Gasteiger charge is -2.26. The standard InChI is InChI=1S/C15H21NO2/c1-12(2)13-8-4-5-9-14(13)18-15(17)16-10-6-3-7-11-16/h4-5,8-9,12H,3,6-7,10-11H2,1-2H3. The minimum Gasteiger partial charge on any atom is -0.410 e. The molecule has 0 aliphatic carbocycles. The number of nitrogens with zero attached hydrogens (tertiary/aromatic N) is 1. The van der Waals surface area contributed by atoms with Crippen LogP contribution in [-0.2, 0) is 0 Å². The fourth-order valence-corrected chi connectivity index (χ4v) is 2.29. The highest BCUT2D eigenvalue weighted by Crippen LogP contribution is 2.26. The lowest BCUT2D eigenvalue weighted by molar-refractivity contribution is 0.142. The van der Waals surface area contributed by atoms with Crippen LogP contribution in [0.15, 0.2) is 24.3 Å². The average molecular weight is 247 g/mol. The van der Waals surface area contributed by atoms with E-state index in [1.165, 1.54) is 6.42 Å². The van der Waals surface area contributed by atoms with Gasteiger partial charge in [0.05, 0.1) is 0 Å². The highest BCUT2D eigenvalue weighted by atomic mass is 16.6. The molecule has 0 bridgehead atoms. The van der Waals surface area contributed by atoms with E-state index in [-0.39, 0.29) is 6.09 Å². The lowest BCUT2D eigenvalue weighted by Crippen LogP contribution is -2.37. The van der Waals surface area contributed by atoms with E-state index < -0.39 is 0 Å². The fourth-order valence-electron chi connectivity index (χ4n) is 2.29. The highest BCUT2D eigenvalue weighted by Gasteiger charge is 2.19. The van der Waals surface area contributed by atoms with Crippen LogP contribution in [0.1, 0.15) is 44.6 Å². The van der Waals surface area contributed by atoms with E-state index in [0.717, 1.165) is 31.5 Å². The number of benzene rings is 1. The number of ether oxygens (including phenoxy) is 1. The van der Waals surface area contributed by atoms with Crippen molar-refractivity contribution in [2.24, 2.45) is 0 Å². The molecule has 1 heterocycles. The molecule has 1 aliphatic heterocycles. The van der Waals surface area contributed by atoms with Crippen LogP contribution in [0, 0.1) is 0 Å². The van der Waals surface area contributed by atoms with Crippen molar-refractivity contribution in [1.29, 1.82) is 0 Å². The minimum absolute atomic E-state index is 0.206. The third kappa shape index (κ3) is 3.03. The van der Waals surface area contributed by atoms with Gasteiger partial charge in [-0.3, -0.25) is 0 Å². The molecule has 3 heteroatoms. The number of para-hydroxylation sites is 1. The van der Waals surface area contributed by atoms with Crippen molar-refractivity contribution < 1.29 is 9.53 Å². The third-order valence-electron chi connectivity index (χ3n) is 3.35. The summed E-state index contributed by atoms with van der Waals surface area (Å²) in [6.07, 6.45) is 3.18. The maximum Gasteiger partial charge on any atom is 0.415 e. The van der Waals surface area contributed by atoms with E-state index >= 15 is 0 Å². The molecular weight excluding hydrogens is 226 g/mol. The first-order valence-corrected chi connectivity index (χ1v) is 6.74.